The van der Waals surface area contributed by atoms with Crippen molar-refractivity contribution in [2.24, 2.45) is 5.73 Å². The van der Waals surface area contributed by atoms with E-state index in [1.807, 2.05) is 29.2 Å². The van der Waals surface area contributed by atoms with Crippen LogP contribution in [-0.4, -0.2) is 60.9 Å². The molecule has 1 unspecified atom stereocenters. The monoisotopic (exact) mass is 318 g/mol. The molecule has 0 aromatic heterocycles. The van der Waals surface area contributed by atoms with E-state index in [0.717, 1.165) is 31.7 Å². The second kappa shape index (κ2) is 8.08. The molecule has 1 saturated heterocycles. The van der Waals surface area contributed by atoms with Gasteiger partial charge in [-0.2, -0.15) is 0 Å². The molecule has 2 amide bonds. The van der Waals surface area contributed by atoms with Gasteiger partial charge in [-0.15, -0.1) is 0 Å². The summed E-state index contributed by atoms with van der Waals surface area (Å²) < 4.78 is 0. The van der Waals surface area contributed by atoms with Crippen LogP contribution in [0.3, 0.4) is 0 Å². The van der Waals surface area contributed by atoms with Gasteiger partial charge in [0.1, 0.15) is 0 Å². The van der Waals surface area contributed by atoms with Gasteiger partial charge in [-0.3, -0.25) is 9.59 Å². The minimum Gasteiger partial charge on any atom is -0.352 e. The molecule has 0 aliphatic carbocycles. The lowest BCUT2D eigenvalue weighted by Gasteiger charge is -2.32. The summed E-state index contributed by atoms with van der Waals surface area (Å²) in [5.74, 6) is 0.0169. The quantitative estimate of drug-likeness (QED) is 0.825. The third kappa shape index (κ3) is 5.33. The summed E-state index contributed by atoms with van der Waals surface area (Å²) in [6.07, 6.45) is 0.319. The van der Waals surface area contributed by atoms with Crippen LogP contribution in [-0.2, 0) is 11.3 Å². The second-order valence-corrected chi connectivity index (χ2v) is 6.25. The molecule has 1 fully saturated rings. The van der Waals surface area contributed by atoms with Crippen molar-refractivity contribution < 1.29 is 9.59 Å². The van der Waals surface area contributed by atoms with Crippen LogP contribution in [0, 0.1) is 0 Å². The zero-order valence-electron chi connectivity index (χ0n) is 13.9. The average Bonchev–Trinajstić information content (AvgIpc) is 2.53. The number of amides is 2. The molecule has 1 heterocycles. The van der Waals surface area contributed by atoms with Gasteiger partial charge in [0.05, 0.1) is 0 Å². The molecule has 1 aromatic rings. The topological polar surface area (TPSA) is 78.7 Å². The molecule has 0 saturated carbocycles. The Labute approximate surface area is 137 Å². The van der Waals surface area contributed by atoms with Crippen LogP contribution < -0.4 is 11.1 Å². The fraction of sp³-hybridized carbons (Fsp3) is 0.529. The van der Waals surface area contributed by atoms with Crippen molar-refractivity contribution in [2.45, 2.75) is 25.9 Å². The van der Waals surface area contributed by atoms with Gasteiger partial charge in [0.2, 0.25) is 5.91 Å². The van der Waals surface area contributed by atoms with Crippen LogP contribution in [0.4, 0.5) is 0 Å². The van der Waals surface area contributed by atoms with E-state index >= 15 is 0 Å². The van der Waals surface area contributed by atoms with E-state index in [2.05, 4.69) is 17.3 Å². The van der Waals surface area contributed by atoms with Crippen LogP contribution in [0.2, 0.25) is 0 Å². The first-order valence-electron chi connectivity index (χ1n) is 8.04. The Morgan fingerprint density at radius 2 is 1.78 bits per heavy atom. The highest BCUT2D eigenvalue weighted by Gasteiger charge is 2.20. The summed E-state index contributed by atoms with van der Waals surface area (Å²) >= 11 is 0. The lowest BCUT2D eigenvalue weighted by atomic mass is 10.1. The number of hydrogen-bond donors (Lipinski definition) is 2. The van der Waals surface area contributed by atoms with Crippen molar-refractivity contribution in [3.8, 4) is 0 Å². The Hall–Kier alpha value is -1.92. The van der Waals surface area contributed by atoms with E-state index in [0.29, 0.717) is 18.5 Å². The zero-order valence-corrected chi connectivity index (χ0v) is 13.9. The van der Waals surface area contributed by atoms with Gasteiger partial charge in [-0.05, 0) is 31.7 Å². The molecule has 3 N–H and O–H groups in total. The van der Waals surface area contributed by atoms with Gasteiger partial charge < -0.3 is 20.9 Å². The zero-order chi connectivity index (χ0) is 16.8. The minimum absolute atomic E-state index is 0.0578. The minimum atomic E-state index is -0.140. The van der Waals surface area contributed by atoms with Gasteiger partial charge >= 0.3 is 0 Å². The number of benzene rings is 1. The molecular weight excluding hydrogens is 292 g/mol. The normalized spacial score (nSPS) is 16.9. The van der Waals surface area contributed by atoms with Gasteiger partial charge in [0.25, 0.3) is 5.91 Å². The maximum absolute atomic E-state index is 12.4. The molecular formula is C17H26N4O2. The number of carbonyl (C=O) groups is 2. The maximum Gasteiger partial charge on any atom is 0.253 e. The van der Waals surface area contributed by atoms with Gasteiger partial charge in [-0.25, -0.2) is 0 Å². The maximum atomic E-state index is 12.4. The Morgan fingerprint density at radius 1 is 1.17 bits per heavy atom. The SMILES string of the molecule is CC(N)CC(=O)NCc1ccc(C(=O)N2CCN(C)CC2)cc1. The van der Waals surface area contributed by atoms with Crippen molar-refractivity contribution >= 4 is 11.8 Å². The van der Waals surface area contributed by atoms with Gasteiger partial charge in [0.15, 0.2) is 0 Å². The third-order valence-electron chi connectivity index (χ3n) is 3.99. The molecule has 1 aliphatic rings. The van der Waals surface area contributed by atoms with E-state index in [-0.39, 0.29) is 17.9 Å². The second-order valence-electron chi connectivity index (χ2n) is 6.25. The van der Waals surface area contributed by atoms with Crippen LogP contribution in [0.15, 0.2) is 24.3 Å². The Morgan fingerprint density at radius 3 is 2.35 bits per heavy atom. The number of rotatable bonds is 5. The van der Waals surface area contributed by atoms with E-state index in [9.17, 15) is 9.59 Å². The molecule has 1 aromatic carbocycles. The number of nitrogens with one attached hydrogen (secondary N) is 1. The third-order valence-corrected chi connectivity index (χ3v) is 3.99. The lowest BCUT2D eigenvalue weighted by molar-refractivity contribution is -0.121. The highest BCUT2D eigenvalue weighted by atomic mass is 16.2. The van der Waals surface area contributed by atoms with Crippen LogP contribution in [0.1, 0.15) is 29.3 Å². The molecule has 1 aliphatic heterocycles. The summed E-state index contributed by atoms with van der Waals surface area (Å²) in [5.41, 5.74) is 7.25. The molecule has 0 bridgehead atoms. The number of hydrogen-bond acceptors (Lipinski definition) is 4. The first-order valence-corrected chi connectivity index (χ1v) is 8.04. The molecule has 126 valence electrons. The van der Waals surface area contributed by atoms with E-state index in [1.165, 1.54) is 0 Å². The number of carbonyl (C=O) groups excluding carboxylic acids is 2. The molecule has 6 heteroatoms. The molecule has 0 radical (unpaired) electrons. The van der Waals surface area contributed by atoms with Gasteiger partial charge in [0, 0.05) is 50.7 Å². The molecule has 23 heavy (non-hydrogen) atoms. The summed E-state index contributed by atoms with van der Waals surface area (Å²) in [4.78, 5) is 28.1. The fourth-order valence-corrected chi connectivity index (χ4v) is 2.52. The smallest absolute Gasteiger partial charge is 0.253 e. The molecule has 0 spiro atoms. The van der Waals surface area contributed by atoms with Crippen molar-refractivity contribution in [3.05, 3.63) is 35.4 Å². The average molecular weight is 318 g/mol. The first-order chi connectivity index (χ1) is 11.0. The Kier molecular flexibility index (Phi) is 6.12. The van der Waals surface area contributed by atoms with Crippen molar-refractivity contribution in [1.29, 1.82) is 0 Å². The molecule has 1 atom stereocenters. The predicted molar refractivity (Wildman–Crippen MR) is 90.0 cm³/mol. The standard InChI is InChI=1S/C17H26N4O2/c1-13(18)11-16(22)19-12-14-3-5-15(6-4-14)17(23)21-9-7-20(2)8-10-21/h3-6,13H,7-12,18H2,1-2H3,(H,19,22). The van der Waals surface area contributed by atoms with Crippen molar-refractivity contribution in [3.63, 3.8) is 0 Å². The van der Waals surface area contributed by atoms with Crippen LogP contribution >= 0.6 is 0 Å². The highest BCUT2D eigenvalue weighted by molar-refractivity contribution is 5.94. The van der Waals surface area contributed by atoms with Crippen molar-refractivity contribution in [2.75, 3.05) is 33.2 Å². The summed E-state index contributed by atoms with van der Waals surface area (Å²) in [5, 5.41) is 2.83. The number of piperazine rings is 1. The number of nitrogens with two attached hydrogens (primary N) is 1. The Bertz CT molecular complexity index is 534. The van der Waals surface area contributed by atoms with Gasteiger partial charge in [-0.1, -0.05) is 12.1 Å². The van der Waals surface area contributed by atoms with Crippen molar-refractivity contribution in [1.82, 2.24) is 15.1 Å². The summed E-state index contributed by atoms with van der Waals surface area (Å²) in [6, 6.07) is 7.28. The van der Waals surface area contributed by atoms with E-state index < -0.39 is 0 Å². The lowest BCUT2D eigenvalue weighted by Crippen LogP contribution is -2.47. The van der Waals surface area contributed by atoms with Crippen LogP contribution in [0.25, 0.3) is 0 Å². The first kappa shape index (κ1) is 17.4. The Balaban J connectivity index is 1.86. The highest BCUT2D eigenvalue weighted by Crippen LogP contribution is 2.10. The molecule has 6 nitrogen and oxygen atoms in total. The predicted octanol–water partition coefficient (Wildman–Crippen LogP) is 0.428. The largest absolute Gasteiger partial charge is 0.352 e. The van der Waals surface area contributed by atoms with Crippen LogP contribution in [0.5, 0.6) is 0 Å². The summed E-state index contributed by atoms with van der Waals surface area (Å²) in [7, 11) is 2.07. The van der Waals surface area contributed by atoms with E-state index in [1.54, 1.807) is 6.92 Å². The fourth-order valence-electron chi connectivity index (χ4n) is 2.52. The van der Waals surface area contributed by atoms with E-state index in [4.69, 9.17) is 5.73 Å². The number of likely N-dealkylation sites (N-methyl/N-ethyl adjacent to an activating group) is 1. The summed E-state index contributed by atoms with van der Waals surface area (Å²) in [6.45, 7) is 5.62. The molecule has 2 rings (SSSR count). The number of nitrogens with zero attached hydrogens (tertiary/aromatic N) is 2.